The van der Waals surface area contributed by atoms with Gasteiger partial charge in [0.25, 0.3) is 5.91 Å². The molecule has 1 unspecified atom stereocenters. The van der Waals surface area contributed by atoms with E-state index >= 15 is 0 Å². The Bertz CT molecular complexity index is 577. The number of nitrogens with zero attached hydrogens (tertiary/aromatic N) is 3. The second-order valence-corrected chi connectivity index (χ2v) is 4.84. The molecule has 18 heavy (non-hydrogen) atoms. The fourth-order valence-electron chi connectivity index (χ4n) is 2.60. The maximum Gasteiger partial charge on any atom is 0.256 e. The van der Waals surface area contributed by atoms with Gasteiger partial charge in [0.05, 0.1) is 5.56 Å². The van der Waals surface area contributed by atoms with Crippen molar-refractivity contribution in [2.75, 3.05) is 6.54 Å². The normalized spacial score (nSPS) is 20.3. The van der Waals surface area contributed by atoms with Crippen LogP contribution in [-0.4, -0.2) is 38.8 Å². The van der Waals surface area contributed by atoms with E-state index in [1.54, 1.807) is 0 Å². The van der Waals surface area contributed by atoms with Gasteiger partial charge in [0, 0.05) is 12.6 Å². The second-order valence-electron chi connectivity index (χ2n) is 4.84. The zero-order valence-corrected chi connectivity index (χ0v) is 10.4. The molecule has 1 aliphatic heterocycles. The fraction of sp³-hybridized carbons (Fsp3) is 0.462. The summed E-state index contributed by atoms with van der Waals surface area (Å²) in [4.78, 5) is 14.5. The standard InChI is InChI=1S/C13H16N4O/c1-9-5-2-3-8-17(9)13(18)10-6-4-7-11-12(10)15-16-14-11/h4,6-7,9H,2-3,5,8H2,1H3,(H,14,15,16). The van der Waals surface area contributed by atoms with E-state index in [4.69, 9.17) is 0 Å². The van der Waals surface area contributed by atoms with Gasteiger partial charge in [0.1, 0.15) is 11.0 Å². The average molecular weight is 244 g/mol. The monoisotopic (exact) mass is 244 g/mol. The van der Waals surface area contributed by atoms with Crippen LogP contribution in [0.4, 0.5) is 0 Å². The summed E-state index contributed by atoms with van der Waals surface area (Å²) in [6.45, 7) is 2.95. The molecule has 0 aliphatic carbocycles. The first-order valence-corrected chi connectivity index (χ1v) is 6.38. The molecule has 0 radical (unpaired) electrons. The van der Waals surface area contributed by atoms with Crippen LogP contribution in [0.15, 0.2) is 18.2 Å². The highest BCUT2D eigenvalue weighted by Gasteiger charge is 2.25. The Balaban J connectivity index is 1.98. The third-order valence-corrected chi connectivity index (χ3v) is 3.64. The molecule has 0 bridgehead atoms. The number of piperidine rings is 1. The molecule has 1 saturated heterocycles. The molecule has 0 spiro atoms. The first-order chi connectivity index (χ1) is 8.77. The van der Waals surface area contributed by atoms with Crippen molar-refractivity contribution < 1.29 is 4.79 Å². The molecule has 5 heteroatoms. The minimum Gasteiger partial charge on any atom is -0.336 e. The van der Waals surface area contributed by atoms with E-state index < -0.39 is 0 Å². The van der Waals surface area contributed by atoms with Crippen molar-refractivity contribution in [2.24, 2.45) is 0 Å². The Morgan fingerprint density at radius 3 is 3.11 bits per heavy atom. The minimum atomic E-state index is 0.0710. The van der Waals surface area contributed by atoms with Crippen LogP contribution in [0.1, 0.15) is 36.5 Å². The number of carbonyl (C=O) groups is 1. The summed E-state index contributed by atoms with van der Waals surface area (Å²) in [6.07, 6.45) is 3.38. The predicted octanol–water partition coefficient (Wildman–Crippen LogP) is 1.97. The van der Waals surface area contributed by atoms with Crippen molar-refractivity contribution >= 4 is 16.9 Å². The summed E-state index contributed by atoms with van der Waals surface area (Å²) in [5, 5.41) is 10.7. The average Bonchev–Trinajstić information content (AvgIpc) is 2.86. The largest absolute Gasteiger partial charge is 0.336 e. The maximum absolute atomic E-state index is 12.6. The fourth-order valence-corrected chi connectivity index (χ4v) is 2.60. The number of benzene rings is 1. The molecular weight excluding hydrogens is 228 g/mol. The van der Waals surface area contributed by atoms with E-state index in [0.717, 1.165) is 24.9 Å². The SMILES string of the molecule is CC1CCCCN1C(=O)c1cccc2n[nH]nc12. The molecule has 1 aromatic carbocycles. The Labute approximate surface area is 105 Å². The van der Waals surface area contributed by atoms with Crippen LogP contribution in [0.5, 0.6) is 0 Å². The lowest BCUT2D eigenvalue weighted by atomic mass is 10.0. The molecule has 1 atom stereocenters. The van der Waals surface area contributed by atoms with Crippen molar-refractivity contribution in [3.63, 3.8) is 0 Å². The van der Waals surface area contributed by atoms with Crippen LogP contribution < -0.4 is 0 Å². The lowest BCUT2D eigenvalue weighted by Crippen LogP contribution is -2.42. The van der Waals surface area contributed by atoms with Gasteiger partial charge in [-0.25, -0.2) is 0 Å². The zero-order chi connectivity index (χ0) is 12.5. The van der Waals surface area contributed by atoms with Crippen molar-refractivity contribution in [2.45, 2.75) is 32.2 Å². The molecule has 5 nitrogen and oxygen atoms in total. The molecule has 1 N–H and O–H groups in total. The molecule has 1 aromatic heterocycles. The van der Waals surface area contributed by atoms with Gasteiger partial charge >= 0.3 is 0 Å². The van der Waals surface area contributed by atoms with E-state index in [1.807, 2.05) is 23.1 Å². The number of rotatable bonds is 1. The second kappa shape index (κ2) is 4.40. The highest BCUT2D eigenvalue weighted by Crippen LogP contribution is 2.22. The Morgan fingerprint density at radius 1 is 1.39 bits per heavy atom. The number of hydrogen-bond donors (Lipinski definition) is 1. The number of para-hydroxylation sites is 1. The van der Waals surface area contributed by atoms with Crippen LogP contribution >= 0.6 is 0 Å². The summed E-state index contributed by atoms with van der Waals surface area (Å²) >= 11 is 0. The lowest BCUT2D eigenvalue weighted by Gasteiger charge is -2.33. The number of H-pyrrole nitrogens is 1. The number of aromatic nitrogens is 3. The van der Waals surface area contributed by atoms with Crippen LogP contribution in [0.2, 0.25) is 0 Å². The van der Waals surface area contributed by atoms with Gasteiger partial charge in [-0.05, 0) is 38.3 Å². The Kier molecular flexibility index (Phi) is 2.74. The summed E-state index contributed by atoms with van der Waals surface area (Å²) in [5.74, 6) is 0.0710. The number of aromatic amines is 1. The molecule has 94 valence electrons. The number of nitrogens with one attached hydrogen (secondary N) is 1. The topological polar surface area (TPSA) is 61.9 Å². The maximum atomic E-state index is 12.6. The lowest BCUT2D eigenvalue weighted by molar-refractivity contribution is 0.0637. The van der Waals surface area contributed by atoms with E-state index in [1.165, 1.54) is 6.42 Å². The van der Waals surface area contributed by atoms with Crippen molar-refractivity contribution in [1.82, 2.24) is 20.3 Å². The molecule has 2 heterocycles. The van der Waals surface area contributed by atoms with E-state index in [0.29, 0.717) is 17.1 Å². The van der Waals surface area contributed by atoms with Gasteiger partial charge in [0.2, 0.25) is 0 Å². The van der Waals surface area contributed by atoms with Crippen molar-refractivity contribution in [1.29, 1.82) is 0 Å². The van der Waals surface area contributed by atoms with E-state index in [9.17, 15) is 4.79 Å². The van der Waals surface area contributed by atoms with Gasteiger partial charge in [-0.2, -0.15) is 15.4 Å². The number of likely N-dealkylation sites (tertiary alicyclic amines) is 1. The number of carbonyl (C=O) groups excluding carboxylic acids is 1. The van der Waals surface area contributed by atoms with Gasteiger partial charge in [0.15, 0.2) is 0 Å². The van der Waals surface area contributed by atoms with E-state index in [-0.39, 0.29) is 5.91 Å². The third-order valence-electron chi connectivity index (χ3n) is 3.64. The first-order valence-electron chi connectivity index (χ1n) is 6.38. The van der Waals surface area contributed by atoms with Gasteiger partial charge in [-0.15, -0.1) is 0 Å². The molecule has 1 amide bonds. The molecular formula is C13H16N4O. The number of hydrogen-bond acceptors (Lipinski definition) is 3. The van der Waals surface area contributed by atoms with Gasteiger partial charge in [-0.3, -0.25) is 4.79 Å². The highest BCUT2D eigenvalue weighted by molar-refractivity contribution is 6.04. The zero-order valence-electron chi connectivity index (χ0n) is 10.4. The molecule has 3 rings (SSSR count). The summed E-state index contributed by atoms with van der Waals surface area (Å²) in [6, 6.07) is 5.85. The van der Waals surface area contributed by atoms with Crippen LogP contribution in [0, 0.1) is 0 Å². The van der Waals surface area contributed by atoms with Gasteiger partial charge in [-0.1, -0.05) is 6.07 Å². The predicted molar refractivity (Wildman–Crippen MR) is 68.2 cm³/mol. The van der Waals surface area contributed by atoms with Crippen molar-refractivity contribution in [3.05, 3.63) is 23.8 Å². The third kappa shape index (κ3) is 1.75. The van der Waals surface area contributed by atoms with Crippen LogP contribution in [0.25, 0.3) is 11.0 Å². The number of fused-ring (bicyclic) bond motifs is 1. The molecule has 1 aliphatic rings. The van der Waals surface area contributed by atoms with Crippen molar-refractivity contribution in [3.8, 4) is 0 Å². The van der Waals surface area contributed by atoms with Gasteiger partial charge < -0.3 is 4.90 Å². The Hall–Kier alpha value is -1.91. The smallest absolute Gasteiger partial charge is 0.256 e. The van der Waals surface area contributed by atoms with Crippen LogP contribution in [0.3, 0.4) is 0 Å². The molecule has 2 aromatic rings. The highest BCUT2D eigenvalue weighted by atomic mass is 16.2. The molecule has 0 saturated carbocycles. The first kappa shape index (κ1) is 11.2. The van der Waals surface area contributed by atoms with Crippen LogP contribution in [-0.2, 0) is 0 Å². The summed E-state index contributed by atoms with van der Waals surface area (Å²) in [7, 11) is 0. The quantitative estimate of drug-likeness (QED) is 0.834. The molecule has 1 fully saturated rings. The minimum absolute atomic E-state index is 0.0710. The summed E-state index contributed by atoms with van der Waals surface area (Å²) < 4.78 is 0. The van der Waals surface area contributed by atoms with E-state index in [2.05, 4.69) is 22.3 Å². The number of amides is 1. The summed E-state index contributed by atoms with van der Waals surface area (Å²) in [5.41, 5.74) is 2.06. The Morgan fingerprint density at radius 2 is 2.28 bits per heavy atom.